The van der Waals surface area contributed by atoms with E-state index in [1.807, 2.05) is 24.5 Å². The van der Waals surface area contributed by atoms with Crippen LogP contribution in [0, 0.1) is 12.8 Å². The van der Waals surface area contributed by atoms with Gasteiger partial charge in [0.1, 0.15) is 17.9 Å². The van der Waals surface area contributed by atoms with Crippen LogP contribution in [0.4, 0.5) is 0 Å². The summed E-state index contributed by atoms with van der Waals surface area (Å²) in [6, 6.07) is 13.5. The maximum Gasteiger partial charge on any atom is 0.346 e. The number of benzene rings is 2. The van der Waals surface area contributed by atoms with Gasteiger partial charge in [-0.05, 0) is 91.8 Å². The number of nitrogens with one attached hydrogen (secondary N) is 1. The Bertz CT molecular complexity index is 1060. The van der Waals surface area contributed by atoms with Crippen molar-refractivity contribution in [3.05, 3.63) is 59.2 Å². The molecule has 7 heteroatoms. The number of carbonyl (C=O) groups is 2. The molecule has 0 radical (unpaired) electrons. The molecule has 1 unspecified atom stereocenters. The van der Waals surface area contributed by atoms with Crippen molar-refractivity contribution in [3.63, 3.8) is 0 Å². The van der Waals surface area contributed by atoms with E-state index in [4.69, 9.17) is 11.9 Å². The monoisotopic (exact) mass is 572 g/mol. The highest BCUT2D eigenvalue weighted by atomic mass is 35.5. The second-order valence-electron chi connectivity index (χ2n) is 10.8. The van der Waals surface area contributed by atoms with Gasteiger partial charge in [-0.2, -0.15) is 11.8 Å². The zero-order chi connectivity index (χ0) is 28.0. The van der Waals surface area contributed by atoms with Gasteiger partial charge < -0.3 is 14.5 Å². The van der Waals surface area contributed by atoms with E-state index in [0.29, 0.717) is 17.7 Å². The lowest BCUT2D eigenvalue weighted by Crippen LogP contribution is -2.41. The van der Waals surface area contributed by atoms with Gasteiger partial charge in [0.05, 0.1) is 0 Å². The second-order valence-corrected chi connectivity index (χ2v) is 11.9. The highest BCUT2D eigenvalue weighted by molar-refractivity contribution is 7.98. The number of aryl methyl sites for hydroxylation is 1. The summed E-state index contributed by atoms with van der Waals surface area (Å²) in [6.07, 6.45) is 12.6. The highest BCUT2D eigenvalue weighted by Gasteiger charge is 2.25. The van der Waals surface area contributed by atoms with Crippen LogP contribution in [0.25, 0.3) is 11.1 Å². The third-order valence-corrected chi connectivity index (χ3v) is 8.62. The number of carbonyl (C=O) groups excluding carboxylic acids is 2. The maximum absolute atomic E-state index is 13.5. The van der Waals surface area contributed by atoms with E-state index >= 15 is 0 Å². The summed E-state index contributed by atoms with van der Waals surface area (Å²) in [5.74, 6) is 0.590. The van der Waals surface area contributed by atoms with Crippen molar-refractivity contribution in [1.82, 2.24) is 10.2 Å². The molecule has 0 aliphatic heterocycles. The van der Waals surface area contributed by atoms with Gasteiger partial charge in [-0.25, -0.2) is 4.79 Å². The number of unbranched alkanes of at least 4 members (excludes halogenated alkanes) is 1. The van der Waals surface area contributed by atoms with Crippen LogP contribution < -0.4 is 5.32 Å². The summed E-state index contributed by atoms with van der Waals surface area (Å²) in [5.41, 5.74) is 4.78. The van der Waals surface area contributed by atoms with Crippen LogP contribution >= 0.6 is 23.6 Å². The van der Waals surface area contributed by atoms with Gasteiger partial charge in [-0.1, -0.05) is 69.0 Å². The van der Waals surface area contributed by atoms with Crippen LogP contribution in [0.15, 0.2) is 42.5 Å². The summed E-state index contributed by atoms with van der Waals surface area (Å²) in [6.45, 7) is 7.68. The zero-order valence-corrected chi connectivity index (χ0v) is 25.4. The number of hydrogen-bond donors (Lipinski definition) is 1. The first-order chi connectivity index (χ1) is 19.0. The molecular formula is C32H45ClN2O3S. The van der Waals surface area contributed by atoms with Crippen molar-refractivity contribution < 1.29 is 13.9 Å². The third kappa shape index (κ3) is 9.84. The summed E-state index contributed by atoms with van der Waals surface area (Å²) in [4.78, 5) is 28.4. The molecule has 2 aromatic carbocycles. The van der Waals surface area contributed by atoms with E-state index in [9.17, 15) is 9.59 Å². The van der Waals surface area contributed by atoms with Gasteiger partial charge in [0, 0.05) is 18.7 Å². The molecule has 1 aliphatic rings. The standard InChI is InChI=1S/C32H45ClN2O3S/c1-4-5-19-35(23-26-12-7-6-8-13-26)20-17-25-15-16-28(29(22-25)27-14-10-9-11-24(27)2)31(36)34-30(18-21-39-3)32(37)38-33/h9-11,14-16,22,26,30H,4-8,12-13,17-21,23H2,1-3H3,(H,34,36). The van der Waals surface area contributed by atoms with Crippen LogP contribution in [0.2, 0.25) is 0 Å². The Morgan fingerprint density at radius 3 is 2.56 bits per heavy atom. The maximum atomic E-state index is 13.5. The van der Waals surface area contributed by atoms with Crippen molar-refractivity contribution in [2.45, 2.75) is 77.7 Å². The minimum absolute atomic E-state index is 0.296. The molecule has 214 valence electrons. The second kappa shape index (κ2) is 16.9. The quantitative estimate of drug-likeness (QED) is 0.240. The number of amides is 1. The van der Waals surface area contributed by atoms with Gasteiger partial charge in [0.25, 0.3) is 5.91 Å². The Labute approximate surface area is 244 Å². The molecule has 1 fully saturated rings. The van der Waals surface area contributed by atoms with Gasteiger partial charge in [-0.3, -0.25) is 4.79 Å². The molecule has 1 aliphatic carbocycles. The minimum atomic E-state index is -0.793. The van der Waals surface area contributed by atoms with Crippen LogP contribution in [0.5, 0.6) is 0 Å². The lowest BCUT2D eigenvalue weighted by atomic mass is 9.88. The van der Waals surface area contributed by atoms with E-state index in [1.165, 1.54) is 57.1 Å². The first kappa shape index (κ1) is 31.5. The number of thioether (sulfide) groups is 1. The fourth-order valence-electron chi connectivity index (χ4n) is 5.52. The summed E-state index contributed by atoms with van der Waals surface area (Å²) < 4.78 is 4.44. The predicted molar refractivity (Wildman–Crippen MR) is 164 cm³/mol. The normalized spacial score (nSPS) is 14.8. The van der Waals surface area contributed by atoms with E-state index in [0.717, 1.165) is 42.1 Å². The molecule has 0 spiro atoms. The predicted octanol–water partition coefficient (Wildman–Crippen LogP) is 7.44. The van der Waals surface area contributed by atoms with Gasteiger partial charge in [0.15, 0.2) is 0 Å². The Hall–Kier alpha value is -2.02. The van der Waals surface area contributed by atoms with Crippen molar-refractivity contribution in [1.29, 1.82) is 0 Å². The average Bonchev–Trinajstić information content (AvgIpc) is 2.96. The molecule has 39 heavy (non-hydrogen) atoms. The molecule has 2 aromatic rings. The summed E-state index contributed by atoms with van der Waals surface area (Å²) in [7, 11) is 0. The summed E-state index contributed by atoms with van der Waals surface area (Å²) in [5, 5.41) is 2.87. The molecule has 1 atom stereocenters. The highest BCUT2D eigenvalue weighted by Crippen LogP contribution is 2.29. The van der Waals surface area contributed by atoms with Crippen LogP contribution in [-0.4, -0.2) is 54.5 Å². The molecule has 5 nitrogen and oxygen atoms in total. The smallest absolute Gasteiger partial charge is 0.345 e. The Kier molecular flexibility index (Phi) is 13.7. The molecular weight excluding hydrogens is 528 g/mol. The van der Waals surface area contributed by atoms with Gasteiger partial charge in [-0.15, -0.1) is 0 Å². The molecule has 0 heterocycles. The average molecular weight is 573 g/mol. The SMILES string of the molecule is CCCCN(CCc1ccc(C(=O)NC(CCSC)C(=O)OCl)c(-c2ccccc2C)c1)CC1CCCCC1. The number of halogens is 1. The lowest BCUT2D eigenvalue weighted by molar-refractivity contribution is -0.136. The van der Waals surface area contributed by atoms with Crippen LogP contribution in [0.3, 0.4) is 0 Å². The molecule has 0 bridgehead atoms. The summed E-state index contributed by atoms with van der Waals surface area (Å²) >= 11 is 6.97. The Morgan fingerprint density at radius 2 is 1.87 bits per heavy atom. The van der Waals surface area contributed by atoms with Crippen molar-refractivity contribution in [2.75, 3.05) is 31.6 Å². The van der Waals surface area contributed by atoms with Crippen LogP contribution in [0.1, 0.15) is 79.8 Å². The lowest BCUT2D eigenvalue weighted by Gasteiger charge is -2.30. The minimum Gasteiger partial charge on any atom is -0.345 e. The Balaban J connectivity index is 1.83. The van der Waals surface area contributed by atoms with Crippen molar-refractivity contribution in [2.24, 2.45) is 5.92 Å². The Morgan fingerprint density at radius 1 is 1.10 bits per heavy atom. The van der Waals surface area contributed by atoms with Crippen molar-refractivity contribution >= 4 is 35.5 Å². The first-order valence-electron chi connectivity index (χ1n) is 14.5. The van der Waals surface area contributed by atoms with Crippen LogP contribution in [-0.2, 0) is 15.5 Å². The van der Waals surface area contributed by atoms with E-state index in [2.05, 4.69) is 52.6 Å². The van der Waals surface area contributed by atoms with E-state index in [-0.39, 0.29) is 5.91 Å². The van der Waals surface area contributed by atoms with Gasteiger partial charge in [0.2, 0.25) is 0 Å². The number of rotatable bonds is 15. The molecule has 1 saturated carbocycles. The zero-order valence-electron chi connectivity index (χ0n) is 23.8. The van der Waals surface area contributed by atoms with E-state index in [1.54, 1.807) is 11.8 Å². The molecule has 3 rings (SSSR count). The topological polar surface area (TPSA) is 58.6 Å². The molecule has 0 aromatic heterocycles. The first-order valence-corrected chi connectivity index (χ1v) is 16.2. The fourth-order valence-corrected chi connectivity index (χ4v) is 6.09. The number of nitrogens with zero attached hydrogens (tertiary/aromatic N) is 1. The van der Waals surface area contributed by atoms with Crippen molar-refractivity contribution in [3.8, 4) is 11.1 Å². The third-order valence-electron chi connectivity index (χ3n) is 7.83. The largest absolute Gasteiger partial charge is 0.346 e. The van der Waals surface area contributed by atoms with Gasteiger partial charge >= 0.3 is 5.97 Å². The molecule has 1 amide bonds. The fraction of sp³-hybridized carbons (Fsp3) is 0.562. The molecule has 0 saturated heterocycles. The molecule has 1 N–H and O–H groups in total. The number of hydrogen-bond acceptors (Lipinski definition) is 5. The van der Waals surface area contributed by atoms with E-state index < -0.39 is 12.0 Å².